The van der Waals surface area contributed by atoms with E-state index in [0.717, 1.165) is 28.8 Å². The summed E-state index contributed by atoms with van der Waals surface area (Å²) in [6.45, 7) is 7.39. The molecule has 0 aliphatic heterocycles. The van der Waals surface area contributed by atoms with Crippen molar-refractivity contribution in [2.75, 3.05) is 45.3 Å². The third-order valence-electron chi connectivity index (χ3n) is 5.01. The van der Waals surface area contributed by atoms with E-state index in [1.807, 2.05) is 36.4 Å². The van der Waals surface area contributed by atoms with Crippen molar-refractivity contribution in [3.63, 3.8) is 0 Å². The minimum Gasteiger partial charge on any atom is -0.495 e. The molecule has 0 radical (unpaired) electrons. The third-order valence-corrected chi connectivity index (χ3v) is 6.80. The van der Waals surface area contributed by atoms with Crippen LogP contribution >= 0.6 is 27.3 Å². The second kappa shape index (κ2) is 10.2. The topological polar surface area (TPSA) is 54.9 Å². The van der Waals surface area contributed by atoms with Crippen molar-refractivity contribution in [1.82, 2.24) is 9.88 Å². The lowest BCUT2D eigenvalue weighted by atomic mass is 10.2. The Kier molecular flexibility index (Phi) is 7.69. The van der Waals surface area contributed by atoms with Crippen LogP contribution in [0.1, 0.15) is 24.2 Å². The molecule has 0 unspecified atom stereocenters. The van der Waals surface area contributed by atoms with Crippen molar-refractivity contribution >= 4 is 48.5 Å². The van der Waals surface area contributed by atoms with Gasteiger partial charge in [-0.15, -0.1) is 0 Å². The highest BCUT2D eigenvalue weighted by Crippen LogP contribution is 2.40. The van der Waals surface area contributed by atoms with Gasteiger partial charge >= 0.3 is 0 Å². The fourth-order valence-corrected chi connectivity index (χ4v) is 4.79. The summed E-state index contributed by atoms with van der Waals surface area (Å²) < 4.78 is 12.6. The number of fused-ring (bicyclic) bond motifs is 1. The fourth-order valence-electron chi connectivity index (χ4n) is 3.24. The number of amides is 1. The predicted octanol–water partition coefficient (Wildman–Crippen LogP) is 5.06. The van der Waals surface area contributed by atoms with Gasteiger partial charge in [-0.1, -0.05) is 37.3 Å². The van der Waals surface area contributed by atoms with Gasteiger partial charge in [-0.3, -0.25) is 9.69 Å². The predicted molar refractivity (Wildman–Crippen MR) is 126 cm³/mol. The molecule has 2 aromatic carbocycles. The molecule has 0 aliphatic rings. The van der Waals surface area contributed by atoms with Gasteiger partial charge in [0, 0.05) is 17.6 Å². The quantitative estimate of drug-likeness (QED) is 0.418. The number of hydrogen-bond acceptors (Lipinski definition) is 6. The fraction of sp³-hybridized carbons (Fsp3) is 0.364. The van der Waals surface area contributed by atoms with Crippen LogP contribution in [-0.4, -0.2) is 56.2 Å². The van der Waals surface area contributed by atoms with Crippen LogP contribution in [0.15, 0.2) is 40.9 Å². The maximum atomic E-state index is 13.5. The number of carbonyl (C=O) groups excluding carboxylic acids is 1. The number of likely N-dealkylation sites (N-methyl/N-ethyl adjacent to an activating group) is 1. The first-order valence-electron chi connectivity index (χ1n) is 9.84. The number of carbonyl (C=O) groups is 1. The Labute approximate surface area is 189 Å². The number of ether oxygens (including phenoxy) is 2. The molecular formula is C22H26BrN3O3S. The third kappa shape index (κ3) is 4.61. The van der Waals surface area contributed by atoms with E-state index in [0.29, 0.717) is 34.3 Å². The van der Waals surface area contributed by atoms with Crippen molar-refractivity contribution in [1.29, 1.82) is 0 Å². The van der Waals surface area contributed by atoms with Crippen LogP contribution < -0.4 is 14.4 Å². The molecular weight excluding hydrogens is 466 g/mol. The molecule has 3 rings (SSSR count). The summed E-state index contributed by atoms with van der Waals surface area (Å²) in [4.78, 5) is 22.3. The number of halogens is 1. The van der Waals surface area contributed by atoms with Crippen LogP contribution in [0, 0.1) is 0 Å². The number of aromatic nitrogens is 1. The standard InChI is InChI=1S/C22H26BrN3O3S/c1-5-25(6-2)13-14-26(21(27)15-9-7-8-10-16(15)23)22-24-19-17(28-3)11-12-18(29-4)20(19)30-22/h7-12H,5-6,13-14H2,1-4H3. The highest BCUT2D eigenvalue weighted by Gasteiger charge is 2.25. The first-order valence-corrected chi connectivity index (χ1v) is 11.4. The van der Waals surface area contributed by atoms with E-state index in [1.54, 1.807) is 19.1 Å². The molecule has 0 saturated carbocycles. The number of nitrogens with zero attached hydrogens (tertiary/aromatic N) is 3. The van der Waals surface area contributed by atoms with Crippen LogP contribution in [0.4, 0.5) is 5.13 Å². The van der Waals surface area contributed by atoms with Gasteiger partial charge in [-0.25, -0.2) is 4.98 Å². The van der Waals surface area contributed by atoms with Gasteiger partial charge in [-0.2, -0.15) is 0 Å². The van der Waals surface area contributed by atoms with E-state index in [9.17, 15) is 4.79 Å². The minimum atomic E-state index is -0.0911. The number of rotatable bonds is 9. The Bertz CT molecular complexity index is 979. The molecule has 8 heteroatoms. The van der Waals surface area contributed by atoms with Gasteiger partial charge in [0.15, 0.2) is 5.13 Å². The van der Waals surface area contributed by atoms with E-state index >= 15 is 0 Å². The van der Waals surface area contributed by atoms with Crippen molar-refractivity contribution in [2.24, 2.45) is 0 Å². The molecule has 3 aromatic rings. The van der Waals surface area contributed by atoms with E-state index < -0.39 is 0 Å². The largest absolute Gasteiger partial charge is 0.495 e. The Hall–Kier alpha value is -2.16. The van der Waals surface area contributed by atoms with Crippen molar-refractivity contribution in [3.05, 3.63) is 46.4 Å². The first-order chi connectivity index (χ1) is 14.5. The zero-order valence-electron chi connectivity index (χ0n) is 17.6. The number of thiazole rings is 1. The van der Waals surface area contributed by atoms with Crippen molar-refractivity contribution in [3.8, 4) is 11.5 Å². The highest BCUT2D eigenvalue weighted by atomic mass is 79.9. The molecule has 1 amide bonds. The highest BCUT2D eigenvalue weighted by molar-refractivity contribution is 9.10. The summed E-state index contributed by atoms with van der Waals surface area (Å²) in [5.41, 5.74) is 1.31. The second-order valence-electron chi connectivity index (χ2n) is 6.61. The summed E-state index contributed by atoms with van der Waals surface area (Å²) in [5, 5.41) is 0.626. The van der Waals surface area contributed by atoms with E-state index in [-0.39, 0.29) is 5.91 Å². The molecule has 0 spiro atoms. The van der Waals surface area contributed by atoms with Crippen LogP contribution in [0.2, 0.25) is 0 Å². The Morgan fingerprint density at radius 1 is 1.03 bits per heavy atom. The lowest BCUT2D eigenvalue weighted by Crippen LogP contribution is -2.39. The van der Waals surface area contributed by atoms with Crippen LogP contribution in [0.25, 0.3) is 10.2 Å². The lowest BCUT2D eigenvalue weighted by molar-refractivity contribution is 0.0983. The molecule has 1 aromatic heterocycles. The first kappa shape index (κ1) is 22.5. The maximum Gasteiger partial charge on any atom is 0.261 e. The van der Waals surface area contributed by atoms with Crippen LogP contribution in [0.5, 0.6) is 11.5 Å². The zero-order chi connectivity index (χ0) is 21.7. The molecule has 0 saturated heterocycles. The number of benzene rings is 2. The van der Waals surface area contributed by atoms with Crippen molar-refractivity contribution in [2.45, 2.75) is 13.8 Å². The molecule has 1 heterocycles. The molecule has 0 atom stereocenters. The maximum absolute atomic E-state index is 13.5. The molecule has 0 bridgehead atoms. The van der Waals surface area contributed by atoms with E-state index in [4.69, 9.17) is 14.5 Å². The van der Waals surface area contributed by atoms with Crippen LogP contribution in [0.3, 0.4) is 0 Å². The molecule has 0 N–H and O–H groups in total. The summed E-state index contributed by atoms with van der Waals surface area (Å²) >= 11 is 4.95. The van der Waals surface area contributed by atoms with E-state index in [2.05, 4.69) is 34.7 Å². The van der Waals surface area contributed by atoms with E-state index in [1.165, 1.54) is 11.3 Å². The van der Waals surface area contributed by atoms with Gasteiger partial charge in [0.05, 0.1) is 19.8 Å². The monoisotopic (exact) mass is 491 g/mol. The molecule has 0 fully saturated rings. The van der Waals surface area contributed by atoms with Gasteiger partial charge < -0.3 is 14.4 Å². The number of methoxy groups -OCH3 is 2. The molecule has 30 heavy (non-hydrogen) atoms. The van der Waals surface area contributed by atoms with Gasteiger partial charge in [0.2, 0.25) is 0 Å². The summed E-state index contributed by atoms with van der Waals surface area (Å²) in [5.74, 6) is 1.28. The van der Waals surface area contributed by atoms with Gasteiger partial charge in [-0.05, 0) is 53.3 Å². The summed E-state index contributed by atoms with van der Waals surface area (Å²) in [6.07, 6.45) is 0. The minimum absolute atomic E-state index is 0.0911. The van der Waals surface area contributed by atoms with Gasteiger partial charge in [0.25, 0.3) is 5.91 Å². The molecule has 0 aliphatic carbocycles. The summed E-state index contributed by atoms with van der Waals surface area (Å²) in [6, 6.07) is 11.2. The Morgan fingerprint density at radius 3 is 2.33 bits per heavy atom. The summed E-state index contributed by atoms with van der Waals surface area (Å²) in [7, 11) is 3.25. The number of anilines is 1. The van der Waals surface area contributed by atoms with Gasteiger partial charge in [0.1, 0.15) is 21.7 Å². The van der Waals surface area contributed by atoms with Crippen molar-refractivity contribution < 1.29 is 14.3 Å². The zero-order valence-corrected chi connectivity index (χ0v) is 20.0. The Morgan fingerprint density at radius 2 is 1.70 bits per heavy atom. The lowest BCUT2D eigenvalue weighted by Gasteiger charge is -2.25. The average Bonchev–Trinajstić information content (AvgIpc) is 3.21. The molecule has 6 nitrogen and oxygen atoms in total. The number of hydrogen-bond donors (Lipinski definition) is 0. The smallest absolute Gasteiger partial charge is 0.261 e. The SMILES string of the molecule is CCN(CC)CCN(C(=O)c1ccccc1Br)c1nc2c(OC)ccc(OC)c2s1. The molecule has 160 valence electrons. The second-order valence-corrected chi connectivity index (χ2v) is 8.44. The normalized spacial score (nSPS) is 11.1. The Balaban J connectivity index is 2.07. The van der Waals surface area contributed by atoms with Crippen LogP contribution in [-0.2, 0) is 0 Å². The average molecular weight is 492 g/mol.